The van der Waals surface area contributed by atoms with Crippen LogP contribution in [0.3, 0.4) is 0 Å². The first-order chi connectivity index (χ1) is 26.6. The lowest BCUT2D eigenvalue weighted by atomic mass is 9.98. The lowest BCUT2D eigenvalue weighted by molar-refractivity contribution is -0.393. The lowest BCUT2D eigenvalue weighted by Gasteiger charge is -2.23. The number of nitro groups is 2. The second-order valence-electron chi connectivity index (χ2n) is 12.1. The Morgan fingerprint density at radius 3 is 1.62 bits per heavy atom. The van der Waals surface area contributed by atoms with Gasteiger partial charge in [0.15, 0.2) is 0 Å². The van der Waals surface area contributed by atoms with Crippen molar-refractivity contribution in [1.29, 1.82) is 0 Å². The molecule has 0 amide bonds. The van der Waals surface area contributed by atoms with Gasteiger partial charge in [0.2, 0.25) is 17.8 Å². The molecule has 3 N–H and O–H groups in total. The van der Waals surface area contributed by atoms with Crippen LogP contribution >= 0.6 is 11.6 Å². The van der Waals surface area contributed by atoms with E-state index in [9.17, 15) is 20.2 Å². The molecule has 1 atom stereocenters. The van der Waals surface area contributed by atoms with Gasteiger partial charge in [-0.1, -0.05) is 35.9 Å². The number of anilines is 7. The van der Waals surface area contributed by atoms with Crippen molar-refractivity contribution in [3.8, 4) is 11.5 Å². The number of ether oxygens (including phenoxy) is 2. The largest absolute Gasteiger partial charge is 0.497 e. The molecule has 2 heterocycles. The third-order valence-electron chi connectivity index (χ3n) is 8.58. The van der Waals surface area contributed by atoms with Crippen LogP contribution in [-0.4, -0.2) is 44.7 Å². The number of nitrogens with one attached hydrogen (secondary N) is 3. The number of nitro benzene ring substituents is 2. The molecule has 1 aromatic heterocycles. The number of benzene rings is 5. The molecular weight excluding hydrogens is 728 g/mol. The van der Waals surface area contributed by atoms with E-state index in [4.69, 9.17) is 26.2 Å². The van der Waals surface area contributed by atoms with Gasteiger partial charge in [-0.2, -0.15) is 20.1 Å². The van der Waals surface area contributed by atoms with Crippen LogP contribution in [0.1, 0.15) is 23.6 Å². The highest BCUT2D eigenvalue weighted by atomic mass is 35.5. The van der Waals surface area contributed by atoms with Gasteiger partial charge in [-0.15, -0.1) is 0 Å². The molecule has 16 nitrogen and oxygen atoms in total. The van der Waals surface area contributed by atoms with Crippen molar-refractivity contribution < 1.29 is 19.3 Å². The third kappa shape index (κ3) is 8.34. The molecule has 17 heteroatoms. The first-order valence-corrected chi connectivity index (χ1v) is 17.0. The lowest BCUT2D eigenvalue weighted by Crippen LogP contribution is -2.19. The number of hydrazone groups is 1. The molecule has 276 valence electrons. The molecule has 0 bridgehead atoms. The van der Waals surface area contributed by atoms with E-state index in [0.29, 0.717) is 34.3 Å². The van der Waals surface area contributed by atoms with Gasteiger partial charge >= 0.3 is 5.69 Å². The average molecular weight is 759 g/mol. The summed E-state index contributed by atoms with van der Waals surface area (Å²) in [6.45, 7) is 0. The first-order valence-electron chi connectivity index (χ1n) is 16.7. The van der Waals surface area contributed by atoms with Crippen LogP contribution in [0.4, 0.5) is 52.0 Å². The summed E-state index contributed by atoms with van der Waals surface area (Å²) in [5.74, 6) is 2.23. The van der Waals surface area contributed by atoms with Crippen LogP contribution < -0.4 is 30.4 Å². The van der Waals surface area contributed by atoms with E-state index >= 15 is 0 Å². The Morgan fingerprint density at radius 2 is 1.16 bits per heavy atom. The molecule has 6 aromatic rings. The molecule has 0 saturated carbocycles. The highest BCUT2D eigenvalue weighted by Crippen LogP contribution is 2.42. The predicted molar refractivity (Wildman–Crippen MR) is 210 cm³/mol. The van der Waals surface area contributed by atoms with Gasteiger partial charge in [0.05, 0.1) is 41.9 Å². The molecule has 0 spiro atoms. The van der Waals surface area contributed by atoms with Crippen molar-refractivity contribution in [3.63, 3.8) is 0 Å². The van der Waals surface area contributed by atoms with Crippen LogP contribution in [0.5, 0.6) is 11.5 Å². The zero-order chi connectivity index (χ0) is 38.5. The third-order valence-corrected chi connectivity index (χ3v) is 8.83. The fourth-order valence-electron chi connectivity index (χ4n) is 5.84. The molecule has 1 unspecified atom stereocenters. The second kappa shape index (κ2) is 15.7. The number of nitrogens with zero attached hydrogens (tertiary/aromatic N) is 7. The minimum absolute atomic E-state index is 0.122. The maximum atomic E-state index is 12.1. The highest BCUT2D eigenvalue weighted by molar-refractivity contribution is 6.30. The van der Waals surface area contributed by atoms with E-state index in [0.717, 1.165) is 28.6 Å². The van der Waals surface area contributed by atoms with Gasteiger partial charge in [-0.05, 0) is 90.0 Å². The van der Waals surface area contributed by atoms with E-state index in [1.807, 2.05) is 84.9 Å². The van der Waals surface area contributed by atoms with Crippen molar-refractivity contribution >= 4 is 69.3 Å². The minimum Gasteiger partial charge on any atom is -0.497 e. The second-order valence-corrected chi connectivity index (χ2v) is 12.5. The number of methoxy groups -OCH3 is 2. The number of halogens is 1. The molecule has 0 radical (unpaired) electrons. The molecule has 0 fully saturated rings. The summed E-state index contributed by atoms with van der Waals surface area (Å²) >= 11 is 6.16. The van der Waals surface area contributed by atoms with E-state index in [1.54, 1.807) is 26.4 Å². The molecular formula is C38H31ClN10O6. The Bertz CT molecular complexity index is 2310. The van der Waals surface area contributed by atoms with Crippen LogP contribution in [0.2, 0.25) is 5.02 Å². The molecule has 1 aliphatic heterocycles. The number of aromatic nitrogens is 3. The Balaban J connectivity index is 1.17. The summed E-state index contributed by atoms with van der Waals surface area (Å²) in [5.41, 5.74) is 3.65. The monoisotopic (exact) mass is 758 g/mol. The first kappa shape index (κ1) is 36.0. The molecule has 7 rings (SSSR count). The number of rotatable bonds is 13. The van der Waals surface area contributed by atoms with Crippen molar-refractivity contribution in [2.75, 3.05) is 35.2 Å². The number of hydrogen-bond acceptors (Lipinski definition) is 14. The Hall–Kier alpha value is -7.33. The van der Waals surface area contributed by atoms with Crippen molar-refractivity contribution in [3.05, 3.63) is 152 Å². The highest BCUT2D eigenvalue weighted by Gasteiger charge is 2.34. The smallest absolute Gasteiger partial charge is 0.301 e. The zero-order valence-corrected chi connectivity index (χ0v) is 30.0. The van der Waals surface area contributed by atoms with E-state index < -0.39 is 27.3 Å². The number of hydrogen-bond donors (Lipinski definition) is 3. The summed E-state index contributed by atoms with van der Waals surface area (Å²) in [6, 6.07) is 32.2. The molecule has 1 aliphatic rings. The van der Waals surface area contributed by atoms with Gasteiger partial charge < -0.3 is 25.4 Å². The van der Waals surface area contributed by atoms with E-state index in [-0.39, 0.29) is 23.5 Å². The Labute approximate surface area is 318 Å². The predicted octanol–water partition coefficient (Wildman–Crippen LogP) is 8.95. The van der Waals surface area contributed by atoms with Gasteiger partial charge in [-0.25, -0.2) is 0 Å². The van der Waals surface area contributed by atoms with Gasteiger partial charge in [0, 0.05) is 34.6 Å². The van der Waals surface area contributed by atoms with Crippen LogP contribution in [-0.2, 0) is 0 Å². The summed E-state index contributed by atoms with van der Waals surface area (Å²) in [7, 11) is 3.19. The molecule has 5 aromatic carbocycles. The Morgan fingerprint density at radius 1 is 0.673 bits per heavy atom. The maximum Gasteiger partial charge on any atom is 0.301 e. The fourth-order valence-corrected chi connectivity index (χ4v) is 5.97. The van der Waals surface area contributed by atoms with Gasteiger partial charge in [-0.3, -0.25) is 25.2 Å². The SMILES string of the molecule is COc1ccc(Nc2nc(Nc3ccc(OC)cc3)nc(Nc3ccc(C4=NN(c5ccc([N+](=O)[O-])cc5[N+](=O)[O-])C(c5ccc(Cl)cc5)C4)cc3)n2)cc1. The number of non-ortho nitro benzene ring substituents is 1. The molecule has 55 heavy (non-hydrogen) atoms. The fraction of sp³-hybridized carbons (Fsp3) is 0.105. The van der Waals surface area contributed by atoms with Crippen molar-refractivity contribution in [2.24, 2.45) is 5.10 Å². The normalized spacial score (nSPS) is 13.5. The standard InChI is InChI=1S/C38H31ClN10O6/c1-54-30-16-11-27(12-17-30)41-37-43-36(44-38(45-37)42-28-13-18-31(55-2)19-14-28)40-26-9-5-23(6-10-26)32-22-34(24-3-7-25(39)8-4-24)47(46-32)33-20-15-29(48(50)51)21-35(33)49(52)53/h3-21,34H,22H2,1-2H3,(H3,40,41,42,43,44,45). The van der Waals surface area contributed by atoms with Crippen molar-refractivity contribution in [2.45, 2.75) is 12.5 Å². The summed E-state index contributed by atoms with van der Waals surface area (Å²) in [4.78, 5) is 36.0. The van der Waals surface area contributed by atoms with E-state index in [2.05, 4.69) is 30.9 Å². The topological polar surface area (TPSA) is 195 Å². The summed E-state index contributed by atoms with van der Waals surface area (Å²) in [6.07, 6.45) is 0.386. The molecule has 0 saturated heterocycles. The van der Waals surface area contributed by atoms with E-state index in [1.165, 1.54) is 17.1 Å². The average Bonchev–Trinajstić information content (AvgIpc) is 3.64. The zero-order valence-electron chi connectivity index (χ0n) is 29.2. The minimum atomic E-state index is -0.671. The maximum absolute atomic E-state index is 12.1. The van der Waals surface area contributed by atoms with Gasteiger partial charge in [0.25, 0.3) is 5.69 Å². The quantitative estimate of drug-likeness (QED) is 0.0746. The van der Waals surface area contributed by atoms with Gasteiger partial charge in [0.1, 0.15) is 17.2 Å². The van der Waals surface area contributed by atoms with Crippen molar-refractivity contribution in [1.82, 2.24) is 15.0 Å². The summed E-state index contributed by atoms with van der Waals surface area (Å²) in [5, 5.41) is 40.1. The van der Waals surface area contributed by atoms with Crippen LogP contribution in [0.15, 0.2) is 120 Å². The summed E-state index contributed by atoms with van der Waals surface area (Å²) < 4.78 is 10.5. The van der Waals surface area contributed by atoms with Crippen LogP contribution in [0, 0.1) is 20.2 Å². The van der Waals surface area contributed by atoms with Crippen LogP contribution in [0.25, 0.3) is 0 Å². The molecule has 0 aliphatic carbocycles. The Kier molecular flexibility index (Phi) is 10.3.